The highest BCUT2D eigenvalue weighted by molar-refractivity contribution is 7.13. The summed E-state index contributed by atoms with van der Waals surface area (Å²) >= 11 is 1.44. The van der Waals surface area contributed by atoms with E-state index in [2.05, 4.69) is 27.1 Å². The van der Waals surface area contributed by atoms with Crippen molar-refractivity contribution in [2.75, 3.05) is 39.8 Å². The van der Waals surface area contributed by atoms with E-state index in [1.165, 1.54) is 11.3 Å². The summed E-state index contributed by atoms with van der Waals surface area (Å²) in [4.78, 5) is 36.9. The van der Waals surface area contributed by atoms with Gasteiger partial charge in [-0.05, 0) is 40.3 Å². The minimum atomic E-state index is 0.00139. The summed E-state index contributed by atoms with van der Waals surface area (Å²) in [6, 6.07) is 0. The number of fused-ring (bicyclic) bond motifs is 1. The van der Waals surface area contributed by atoms with Crippen LogP contribution in [0.15, 0.2) is 0 Å². The maximum atomic E-state index is 13.0. The molecule has 8 nitrogen and oxygen atoms in total. The van der Waals surface area contributed by atoms with E-state index in [1.54, 1.807) is 0 Å². The summed E-state index contributed by atoms with van der Waals surface area (Å²) in [5, 5.41) is 8.25. The van der Waals surface area contributed by atoms with Gasteiger partial charge in [0.05, 0.1) is 22.9 Å². The summed E-state index contributed by atoms with van der Waals surface area (Å²) < 4.78 is 0. The van der Waals surface area contributed by atoms with Crippen LogP contribution in [0.25, 0.3) is 0 Å². The molecular weight excluding hydrogens is 376 g/mol. The van der Waals surface area contributed by atoms with Gasteiger partial charge >= 0.3 is 0 Å². The smallest absolute Gasteiger partial charge is 0.274 e. The Hall–Kier alpha value is -2.26. The molecule has 0 unspecified atom stereocenters. The molecule has 1 fully saturated rings. The quantitative estimate of drug-likeness (QED) is 0.822. The summed E-state index contributed by atoms with van der Waals surface area (Å²) in [6.45, 7) is 8.21. The maximum absolute atomic E-state index is 13.0. The highest BCUT2D eigenvalue weighted by Crippen LogP contribution is 2.25. The lowest BCUT2D eigenvalue weighted by molar-refractivity contribution is 0.0736. The number of nitrogens with zero attached hydrogens (tertiary/aromatic N) is 5. The standard InChI is InChI=1S/C19H26N6O2S/c1-12-17(28-13(2)20-12)19(27)25-8-5-14-15(11-25)21-22-16(14)18(26)24-7-4-6-23(3)9-10-24/h4-11H2,1-3H3,(H,21,22). The van der Waals surface area contributed by atoms with Crippen LogP contribution in [0.4, 0.5) is 0 Å². The Morgan fingerprint density at radius 2 is 1.86 bits per heavy atom. The zero-order chi connectivity index (χ0) is 19.8. The molecule has 4 heterocycles. The molecule has 4 rings (SSSR count). The van der Waals surface area contributed by atoms with Crippen molar-refractivity contribution >= 4 is 23.2 Å². The fourth-order valence-electron chi connectivity index (χ4n) is 3.94. The summed E-state index contributed by atoms with van der Waals surface area (Å²) in [5.41, 5.74) is 3.14. The van der Waals surface area contributed by atoms with Crippen molar-refractivity contribution in [1.82, 2.24) is 29.9 Å². The number of hydrogen-bond acceptors (Lipinski definition) is 6. The number of aryl methyl sites for hydroxylation is 2. The van der Waals surface area contributed by atoms with Gasteiger partial charge in [-0.3, -0.25) is 14.7 Å². The van der Waals surface area contributed by atoms with E-state index in [-0.39, 0.29) is 11.8 Å². The molecule has 150 valence electrons. The lowest BCUT2D eigenvalue weighted by Gasteiger charge is -2.27. The van der Waals surface area contributed by atoms with Crippen LogP contribution in [0.5, 0.6) is 0 Å². The zero-order valence-electron chi connectivity index (χ0n) is 16.6. The van der Waals surface area contributed by atoms with Crippen LogP contribution in [0.2, 0.25) is 0 Å². The molecule has 2 aromatic heterocycles. The monoisotopic (exact) mass is 402 g/mol. The Bertz CT molecular complexity index is 904. The van der Waals surface area contributed by atoms with Crippen LogP contribution in [-0.2, 0) is 13.0 Å². The summed E-state index contributed by atoms with van der Waals surface area (Å²) in [7, 11) is 2.09. The van der Waals surface area contributed by atoms with Gasteiger partial charge in [-0.1, -0.05) is 0 Å². The van der Waals surface area contributed by atoms with Crippen molar-refractivity contribution in [1.29, 1.82) is 0 Å². The number of likely N-dealkylation sites (N-methyl/N-ethyl adjacent to an activating group) is 1. The molecule has 9 heteroatoms. The minimum absolute atomic E-state index is 0.00139. The molecule has 1 N–H and O–H groups in total. The molecule has 2 amide bonds. The van der Waals surface area contributed by atoms with Crippen molar-refractivity contribution in [2.45, 2.75) is 33.2 Å². The van der Waals surface area contributed by atoms with Crippen LogP contribution in [-0.4, -0.2) is 81.5 Å². The number of H-pyrrole nitrogens is 1. The third kappa shape index (κ3) is 3.56. The van der Waals surface area contributed by atoms with E-state index < -0.39 is 0 Å². The molecule has 2 aromatic rings. The van der Waals surface area contributed by atoms with Crippen molar-refractivity contribution in [3.05, 3.63) is 32.5 Å². The number of hydrogen-bond donors (Lipinski definition) is 1. The Morgan fingerprint density at radius 1 is 1.04 bits per heavy atom. The van der Waals surface area contributed by atoms with Gasteiger partial charge in [0, 0.05) is 31.7 Å². The van der Waals surface area contributed by atoms with Gasteiger partial charge < -0.3 is 14.7 Å². The van der Waals surface area contributed by atoms with Crippen LogP contribution in [0.1, 0.15) is 48.5 Å². The van der Waals surface area contributed by atoms with Crippen molar-refractivity contribution in [3.63, 3.8) is 0 Å². The van der Waals surface area contributed by atoms with Crippen molar-refractivity contribution in [2.24, 2.45) is 0 Å². The molecule has 0 radical (unpaired) electrons. The van der Waals surface area contributed by atoms with Crippen molar-refractivity contribution in [3.8, 4) is 0 Å². The molecular formula is C19H26N6O2S. The number of aromatic nitrogens is 3. The fraction of sp³-hybridized carbons (Fsp3) is 0.579. The molecule has 0 spiro atoms. The van der Waals surface area contributed by atoms with Gasteiger partial charge in [0.2, 0.25) is 0 Å². The zero-order valence-corrected chi connectivity index (χ0v) is 17.4. The highest BCUT2D eigenvalue weighted by atomic mass is 32.1. The fourth-order valence-corrected chi connectivity index (χ4v) is 4.83. The third-order valence-electron chi connectivity index (χ3n) is 5.53. The highest BCUT2D eigenvalue weighted by Gasteiger charge is 2.31. The second kappa shape index (κ2) is 7.63. The van der Waals surface area contributed by atoms with E-state index in [4.69, 9.17) is 0 Å². The topological polar surface area (TPSA) is 85.4 Å². The predicted molar refractivity (Wildman–Crippen MR) is 107 cm³/mol. The minimum Gasteiger partial charge on any atom is -0.336 e. The Kier molecular flexibility index (Phi) is 5.20. The lowest BCUT2D eigenvalue weighted by atomic mass is 10.0. The van der Waals surface area contributed by atoms with Crippen LogP contribution >= 0.6 is 11.3 Å². The second-order valence-electron chi connectivity index (χ2n) is 7.60. The number of nitrogens with one attached hydrogen (secondary N) is 1. The average Bonchev–Trinajstić information content (AvgIpc) is 3.17. The number of amides is 2. The predicted octanol–water partition coefficient (Wildman–Crippen LogP) is 1.46. The Balaban J connectivity index is 1.49. The molecule has 0 bridgehead atoms. The van der Waals surface area contributed by atoms with E-state index in [9.17, 15) is 9.59 Å². The summed E-state index contributed by atoms with van der Waals surface area (Å²) in [5.74, 6) is 0.00767. The van der Waals surface area contributed by atoms with E-state index in [0.717, 1.165) is 54.6 Å². The Labute approximate surface area is 168 Å². The van der Waals surface area contributed by atoms with E-state index in [0.29, 0.717) is 30.1 Å². The van der Waals surface area contributed by atoms with Gasteiger partial charge in [-0.25, -0.2) is 4.98 Å². The SMILES string of the molecule is Cc1nc(C)c(C(=O)N2CCc3c(C(=O)N4CCCN(C)CC4)n[nH]c3C2)s1. The van der Waals surface area contributed by atoms with Crippen LogP contribution in [0, 0.1) is 13.8 Å². The number of carbonyl (C=O) groups is 2. The first-order chi connectivity index (χ1) is 13.4. The van der Waals surface area contributed by atoms with Gasteiger partial charge in [0.15, 0.2) is 5.69 Å². The molecule has 28 heavy (non-hydrogen) atoms. The third-order valence-corrected chi connectivity index (χ3v) is 6.59. The second-order valence-corrected chi connectivity index (χ2v) is 8.81. The number of carbonyl (C=O) groups excluding carboxylic acids is 2. The van der Waals surface area contributed by atoms with Crippen LogP contribution < -0.4 is 0 Å². The number of thiazole rings is 1. The largest absolute Gasteiger partial charge is 0.336 e. The van der Waals surface area contributed by atoms with Crippen molar-refractivity contribution < 1.29 is 9.59 Å². The molecule has 1 saturated heterocycles. The first kappa shape index (κ1) is 19.1. The molecule has 0 aromatic carbocycles. The number of aromatic amines is 1. The van der Waals surface area contributed by atoms with Gasteiger partial charge in [0.25, 0.3) is 11.8 Å². The molecule has 0 saturated carbocycles. The van der Waals surface area contributed by atoms with Gasteiger partial charge in [-0.2, -0.15) is 5.10 Å². The Morgan fingerprint density at radius 3 is 2.61 bits per heavy atom. The molecule has 0 atom stereocenters. The van der Waals surface area contributed by atoms with Crippen LogP contribution in [0.3, 0.4) is 0 Å². The van der Waals surface area contributed by atoms with E-state index >= 15 is 0 Å². The first-order valence-electron chi connectivity index (χ1n) is 9.71. The maximum Gasteiger partial charge on any atom is 0.274 e. The van der Waals surface area contributed by atoms with Gasteiger partial charge in [-0.15, -0.1) is 11.3 Å². The average molecular weight is 403 g/mol. The van der Waals surface area contributed by atoms with E-state index in [1.807, 2.05) is 23.6 Å². The first-order valence-corrected chi connectivity index (χ1v) is 10.5. The number of rotatable bonds is 2. The molecule has 2 aliphatic heterocycles. The van der Waals surface area contributed by atoms with Gasteiger partial charge in [0.1, 0.15) is 4.88 Å². The normalized spacial score (nSPS) is 18.1. The summed E-state index contributed by atoms with van der Waals surface area (Å²) in [6.07, 6.45) is 1.62. The molecule has 2 aliphatic rings. The molecule has 0 aliphatic carbocycles. The lowest BCUT2D eigenvalue weighted by Crippen LogP contribution is -2.38.